The molecule has 0 spiro atoms. The van der Waals surface area contributed by atoms with Gasteiger partial charge in [-0.25, -0.2) is 0 Å². The van der Waals surface area contributed by atoms with E-state index in [1.807, 2.05) is 60.7 Å². The summed E-state index contributed by atoms with van der Waals surface area (Å²) in [7, 11) is 0. The van der Waals surface area contributed by atoms with E-state index >= 15 is 0 Å². The second kappa shape index (κ2) is 9.46. The van der Waals surface area contributed by atoms with E-state index in [2.05, 4.69) is 20.8 Å². The SMILES string of the molecule is OC(CO[C@@H]1C2CCN(CC2)[C@@]1(Br)CCCOc1ccccc1)(c1ccccc1)C1CC1. The summed E-state index contributed by atoms with van der Waals surface area (Å²) in [4.78, 5) is 2.55. The van der Waals surface area contributed by atoms with Gasteiger partial charge in [-0.3, -0.25) is 4.90 Å². The highest BCUT2D eigenvalue weighted by Gasteiger charge is 2.54. The van der Waals surface area contributed by atoms with Crippen LogP contribution in [0.4, 0.5) is 0 Å². The molecule has 3 saturated heterocycles. The number of nitrogens with zero attached hydrogens (tertiary/aromatic N) is 1. The zero-order valence-electron chi connectivity index (χ0n) is 18.7. The highest BCUT2D eigenvalue weighted by Crippen LogP contribution is 2.50. The van der Waals surface area contributed by atoms with Crippen LogP contribution in [0.5, 0.6) is 5.75 Å². The Balaban J connectivity index is 1.26. The van der Waals surface area contributed by atoms with Gasteiger partial charge in [-0.2, -0.15) is 0 Å². The maximum absolute atomic E-state index is 11.7. The number of aliphatic hydroxyl groups is 1. The van der Waals surface area contributed by atoms with Gasteiger partial charge in [0.2, 0.25) is 0 Å². The van der Waals surface area contributed by atoms with Gasteiger partial charge in [-0.15, -0.1) is 0 Å². The molecule has 4 nitrogen and oxygen atoms in total. The Hall–Kier alpha value is -1.40. The van der Waals surface area contributed by atoms with Gasteiger partial charge < -0.3 is 14.6 Å². The Morgan fingerprint density at radius 2 is 1.62 bits per heavy atom. The lowest BCUT2D eigenvalue weighted by Crippen LogP contribution is -2.65. The van der Waals surface area contributed by atoms with Crippen molar-refractivity contribution in [1.29, 1.82) is 0 Å². The molecule has 0 amide bonds. The second-order valence-electron chi connectivity index (χ2n) is 9.70. The van der Waals surface area contributed by atoms with Crippen LogP contribution >= 0.6 is 15.9 Å². The first-order valence-corrected chi connectivity index (χ1v) is 12.9. The van der Waals surface area contributed by atoms with E-state index in [0.29, 0.717) is 25.0 Å². The van der Waals surface area contributed by atoms with Gasteiger partial charge in [0.25, 0.3) is 0 Å². The van der Waals surface area contributed by atoms with Crippen LogP contribution in [0.15, 0.2) is 60.7 Å². The molecule has 0 radical (unpaired) electrons. The Labute approximate surface area is 200 Å². The predicted molar refractivity (Wildman–Crippen MR) is 130 cm³/mol. The molecule has 3 atom stereocenters. The molecule has 5 heteroatoms. The van der Waals surface area contributed by atoms with Crippen LogP contribution in [-0.4, -0.2) is 46.9 Å². The molecule has 2 aromatic carbocycles. The zero-order valence-corrected chi connectivity index (χ0v) is 20.3. The number of ether oxygens (including phenoxy) is 2. The predicted octanol–water partition coefficient (Wildman–Crippen LogP) is 5.35. The number of fused-ring (bicyclic) bond motifs is 3. The maximum Gasteiger partial charge on any atom is 0.119 e. The number of halogens is 1. The molecule has 172 valence electrons. The average molecular weight is 500 g/mol. The van der Waals surface area contributed by atoms with Crippen molar-refractivity contribution < 1.29 is 14.6 Å². The first kappa shape index (κ1) is 22.4. The van der Waals surface area contributed by atoms with E-state index in [9.17, 15) is 5.11 Å². The minimum Gasteiger partial charge on any atom is -0.494 e. The van der Waals surface area contributed by atoms with Crippen LogP contribution in [-0.2, 0) is 10.3 Å². The van der Waals surface area contributed by atoms with Crippen molar-refractivity contribution in [2.75, 3.05) is 26.3 Å². The van der Waals surface area contributed by atoms with Crippen molar-refractivity contribution in [1.82, 2.24) is 4.90 Å². The van der Waals surface area contributed by atoms with E-state index in [1.165, 1.54) is 12.8 Å². The largest absolute Gasteiger partial charge is 0.494 e. The van der Waals surface area contributed by atoms with Gasteiger partial charge in [0.05, 0.1) is 19.3 Å². The Bertz CT molecular complexity index is 869. The number of benzene rings is 2. The summed E-state index contributed by atoms with van der Waals surface area (Å²) in [5.41, 5.74) is 0.0950. The minimum absolute atomic E-state index is 0.0794. The molecular formula is C27H34BrNO3. The van der Waals surface area contributed by atoms with Crippen molar-refractivity contribution in [2.24, 2.45) is 11.8 Å². The van der Waals surface area contributed by atoms with Crippen molar-refractivity contribution in [3.63, 3.8) is 0 Å². The quantitative estimate of drug-likeness (QED) is 0.272. The standard InChI is InChI=1S/C27H34BrNO3/c28-27(16-7-19-31-24-10-5-2-6-11-24)25(21-14-17-29(27)18-15-21)32-20-26(30,23-12-13-23)22-8-3-1-4-9-22/h1-6,8-11,21,23,25,30H,7,12-20H2/t25-,26?,27+/m1/s1. The molecule has 1 N–H and O–H groups in total. The van der Waals surface area contributed by atoms with E-state index < -0.39 is 5.60 Å². The van der Waals surface area contributed by atoms with Crippen LogP contribution in [0, 0.1) is 11.8 Å². The molecule has 0 aromatic heterocycles. The van der Waals surface area contributed by atoms with Gasteiger partial charge in [-0.1, -0.05) is 64.5 Å². The molecule has 1 unspecified atom stereocenters. The Morgan fingerprint density at radius 3 is 2.28 bits per heavy atom. The lowest BCUT2D eigenvalue weighted by atomic mass is 9.78. The molecule has 4 aliphatic rings. The molecule has 3 heterocycles. The summed E-state index contributed by atoms with van der Waals surface area (Å²) in [5.74, 6) is 1.76. The molecule has 2 bridgehead atoms. The smallest absolute Gasteiger partial charge is 0.119 e. The summed E-state index contributed by atoms with van der Waals surface area (Å²) in [6.45, 7) is 3.28. The van der Waals surface area contributed by atoms with Crippen molar-refractivity contribution in [2.45, 2.75) is 54.7 Å². The molecule has 32 heavy (non-hydrogen) atoms. The fraction of sp³-hybridized carbons (Fsp3) is 0.556. The van der Waals surface area contributed by atoms with Crippen LogP contribution in [0.25, 0.3) is 0 Å². The summed E-state index contributed by atoms with van der Waals surface area (Å²) < 4.78 is 12.5. The zero-order chi connectivity index (χ0) is 22.0. The van der Waals surface area contributed by atoms with Crippen LogP contribution < -0.4 is 4.74 Å². The number of hydrogen-bond donors (Lipinski definition) is 1. The molecule has 1 aliphatic carbocycles. The summed E-state index contributed by atoms with van der Waals surface area (Å²) in [6, 6.07) is 20.1. The lowest BCUT2D eigenvalue weighted by molar-refractivity contribution is -0.164. The fourth-order valence-corrected chi connectivity index (χ4v) is 6.79. The third kappa shape index (κ3) is 4.50. The first-order valence-electron chi connectivity index (χ1n) is 12.1. The summed E-state index contributed by atoms with van der Waals surface area (Å²) in [6.07, 6.45) is 6.49. The molecular weight excluding hydrogens is 466 g/mol. The normalized spacial score (nSPS) is 31.2. The third-order valence-corrected chi connectivity index (χ3v) is 8.97. The van der Waals surface area contributed by atoms with E-state index in [1.54, 1.807) is 0 Å². The number of rotatable bonds is 10. The highest BCUT2D eigenvalue weighted by atomic mass is 79.9. The number of para-hydroxylation sites is 1. The van der Waals surface area contributed by atoms with Gasteiger partial charge in [0, 0.05) is 0 Å². The first-order chi connectivity index (χ1) is 15.6. The highest BCUT2D eigenvalue weighted by molar-refractivity contribution is 9.10. The molecule has 4 fully saturated rings. The third-order valence-electron chi connectivity index (χ3n) is 7.62. The van der Waals surface area contributed by atoms with E-state index in [0.717, 1.165) is 50.1 Å². The van der Waals surface area contributed by atoms with Crippen LogP contribution in [0.1, 0.15) is 44.1 Å². The number of piperidine rings is 3. The molecule has 2 aromatic rings. The maximum atomic E-state index is 11.7. The van der Waals surface area contributed by atoms with Crippen molar-refractivity contribution in [3.05, 3.63) is 66.2 Å². The number of hydrogen-bond acceptors (Lipinski definition) is 4. The second-order valence-corrected chi connectivity index (χ2v) is 11.1. The van der Waals surface area contributed by atoms with Crippen molar-refractivity contribution >= 4 is 15.9 Å². The lowest BCUT2D eigenvalue weighted by Gasteiger charge is -2.56. The van der Waals surface area contributed by atoms with Gasteiger partial charge in [0.15, 0.2) is 0 Å². The minimum atomic E-state index is -0.891. The summed E-state index contributed by atoms with van der Waals surface area (Å²) in [5, 5.41) is 11.7. The number of alkyl halides is 1. The Morgan fingerprint density at radius 1 is 0.969 bits per heavy atom. The van der Waals surface area contributed by atoms with Crippen molar-refractivity contribution in [3.8, 4) is 5.75 Å². The monoisotopic (exact) mass is 499 g/mol. The van der Waals surface area contributed by atoms with E-state index in [-0.39, 0.29) is 10.6 Å². The average Bonchev–Trinajstić information content (AvgIpc) is 3.69. The fourth-order valence-electron chi connectivity index (χ4n) is 5.65. The van der Waals surface area contributed by atoms with Crippen LogP contribution in [0.3, 0.4) is 0 Å². The molecule has 1 saturated carbocycles. The van der Waals surface area contributed by atoms with Gasteiger partial charge >= 0.3 is 0 Å². The molecule has 6 rings (SSSR count). The van der Waals surface area contributed by atoms with E-state index in [4.69, 9.17) is 9.47 Å². The summed E-state index contributed by atoms with van der Waals surface area (Å²) >= 11 is 4.15. The molecule has 3 aliphatic heterocycles. The topological polar surface area (TPSA) is 41.9 Å². The van der Waals surface area contributed by atoms with Gasteiger partial charge in [-0.05, 0) is 81.1 Å². The van der Waals surface area contributed by atoms with Crippen LogP contribution in [0.2, 0.25) is 0 Å². The Kier molecular flexibility index (Phi) is 6.62. The van der Waals surface area contributed by atoms with Gasteiger partial charge in [0.1, 0.15) is 15.8 Å².